The Morgan fingerprint density at radius 3 is 2.74 bits per heavy atom. The Balaban J connectivity index is 2.46. The summed E-state index contributed by atoms with van der Waals surface area (Å²) in [6, 6.07) is 1.87. The fraction of sp³-hybridized carbons (Fsp3) is 0.714. The van der Waals surface area contributed by atoms with Gasteiger partial charge in [0.05, 0.1) is 0 Å². The SMILES string of the molecule is CCCNc1nccc(NCC(CCC)CCO)n1. The molecular formula is C14H26N4O. The Hall–Kier alpha value is -1.36. The first-order valence-electron chi connectivity index (χ1n) is 7.21. The lowest BCUT2D eigenvalue weighted by molar-refractivity contribution is 0.255. The molecule has 1 rings (SSSR count). The Labute approximate surface area is 115 Å². The van der Waals surface area contributed by atoms with Crippen molar-refractivity contribution in [2.75, 3.05) is 30.3 Å². The summed E-state index contributed by atoms with van der Waals surface area (Å²) in [5, 5.41) is 15.5. The number of aliphatic hydroxyl groups excluding tert-OH is 1. The second kappa shape index (κ2) is 9.55. The molecule has 0 aliphatic carbocycles. The largest absolute Gasteiger partial charge is 0.396 e. The van der Waals surface area contributed by atoms with Crippen molar-refractivity contribution in [2.24, 2.45) is 5.92 Å². The third kappa shape index (κ3) is 6.38. The maximum Gasteiger partial charge on any atom is 0.224 e. The molecule has 1 aromatic rings. The van der Waals surface area contributed by atoms with E-state index in [1.165, 1.54) is 0 Å². The van der Waals surface area contributed by atoms with Crippen LogP contribution in [0.15, 0.2) is 12.3 Å². The number of hydrogen-bond donors (Lipinski definition) is 3. The van der Waals surface area contributed by atoms with Crippen molar-refractivity contribution in [3.8, 4) is 0 Å². The van der Waals surface area contributed by atoms with Crippen molar-refractivity contribution in [3.63, 3.8) is 0 Å². The molecule has 0 aliphatic heterocycles. The van der Waals surface area contributed by atoms with Gasteiger partial charge in [-0.1, -0.05) is 20.3 Å². The van der Waals surface area contributed by atoms with Gasteiger partial charge in [-0.05, 0) is 31.2 Å². The Bertz CT molecular complexity index is 340. The fourth-order valence-corrected chi connectivity index (χ4v) is 1.97. The molecule has 19 heavy (non-hydrogen) atoms. The maximum absolute atomic E-state index is 9.04. The van der Waals surface area contributed by atoms with Crippen LogP contribution in [0.1, 0.15) is 39.5 Å². The number of hydrogen-bond acceptors (Lipinski definition) is 5. The van der Waals surface area contributed by atoms with Crippen LogP contribution < -0.4 is 10.6 Å². The molecule has 108 valence electrons. The molecule has 3 N–H and O–H groups in total. The van der Waals surface area contributed by atoms with Gasteiger partial charge in [-0.2, -0.15) is 4.98 Å². The van der Waals surface area contributed by atoms with Crippen molar-refractivity contribution in [1.29, 1.82) is 0 Å². The summed E-state index contributed by atoms with van der Waals surface area (Å²) >= 11 is 0. The zero-order valence-electron chi connectivity index (χ0n) is 12.0. The van der Waals surface area contributed by atoms with E-state index in [-0.39, 0.29) is 6.61 Å². The predicted octanol–water partition coefficient (Wildman–Crippen LogP) is 2.51. The summed E-state index contributed by atoms with van der Waals surface area (Å²) in [7, 11) is 0. The van der Waals surface area contributed by atoms with E-state index in [9.17, 15) is 0 Å². The molecule has 5 heteroatoms. The molecule has 0 fully saturated rings. The first-order chi connectivity index (χ1) is 9.30. The van der Waals surface area contributed by atoms with Crippen LogP contribution in [0.2, 0.25) is 0 Å². The summed E-state index contributed by atoms with van der Waals surface area (Å²) in [5.74, 6) is 2.01. The minimum atomic E-state index is 0.249. The van der Waals surface area contributed by atoms with Crippen molar-refractivity contribution in [1.82, 2.24) is 9.97 Å². The summed E-state index contributed by atoms with van der Waals surface area (Å²) in [6.45, 7) is 6.26. The quantitative estimate of drug-likeness (QED) is 0.607. The van der Waals surface area contributed by atoms with Gasteiger partial charge in [-0.3, -0.25) is 0 Å². The minimum Gasteiger partial charge on any atom is -0.396 e. The molecule has 1 unspecified atom stereocenters. The van der Waals surface area contributed by atoms with Gasteiger partial charge in [0.15, 0.2) is 0 Å². The van der Waals surface area contributed by atoms with E-state index in [1.807, 2.05) is 6.07 Å². The van der Waals surface area contributed by atoms with Gasteiger partial charge in [-0.15, -0.1) is 0 Å². The van der Waals surface area contributed by atoms with E-state index in [4.69, 9.17) is 5.11 Å². The van der Waals surface area contributed by atoms with E-state index >= 15 is 0 Å². The van der Waals surface area contributed by atoms with E-state index in [0.29, 0.717) is 11.9 Å². The molecule has 0 bridgehead atoms. The molecule has 0 aromatic carbocycles. The third-order valence-electron chi connectivity index (χ3n) is 2.99. The van der Waals surface area contributed by atoms with Crippen LogP contribution in [-0.4, -0.2) is 34.8 Å². The molecule has 1 heterocycles. The molecule has 0 aliphatic rings. The van der Waals surface area contributed by atoms with Gasteiger partial charge in [0.1, 0.15) is 5.82 Å². The molecule has 0 saturated heterocycles. The lowest BCUT2D eigenvalue weighted by Gasteiger charge is -2.16. The molecular weight excluding hydrogens is 240 g/mol. The number of rotatable bonds is 10. The molecule has 1 aromatic heterocycles. The number of aromatic nitrogens is 2. The van der Waals surface area contributed by atoms with Gasteiger partial charge < -0.3 is 15.7 Å². The van der Waals surface area contributed by atoms with Crippen molar-refractivity contribution in [2.45, 2.75) is 39.5 Å². The summed E-state index contributed by atoms with van der Waals surface area (Å²) in [6.07, 6.45) is 5.91. The van der Waals surface area contributed by atoms with Gasteiger partial charge in [0.2, 0.25) is 5.95 Å². The topological polar surface area (TPSA) is 70.1 Å². The molecule has 0 saturated carbocycles. The highest BCUT2D eigenvalue weighted by Gasteiger charge is 2.07. The minimum absolute atomic E-state index is 0.249. The van der Waals surface area contributed by atoms with E-state index in [1.54, 1.807) is 6.20 Å². The highest BCUT2D eigenvalue weighted by atomic mass is 16.3. The third-order valence-corrected chi connectivity index (χ3v) is 2.99. The molecule has 0 radical (unpaired) electrons. The average Bonchev–Trinajstić information content (AvgIpc) is 2.43. The summed E-state index contributed by atoms with van der Waals surface area (Å²) in [5.41, 5.74) is 0. The monoisotopic (exact) mass is 266 g/mol. The van der Waals surface area contributed by atoms with Crippen molar-refractivity contribution >= 4 is 11.8 Å². The second-order valence-electron chi connectivity index (χ2n) is 4.74. The Morgan fingerprint density at radius 1 is 1.21 bits per heavy atom. The van der Waals surface area contributed by atoms with Gasteiger partial charge in [0.25, 0.3) is 0 Å². The highest BCUT2D eigenvalue weighted by molar-refractivity contribution is 5.39. The molecule has 0 spiro atoms. The van der Waals surface area contributed by atoms with Crippen LogP contribution in [0.4, 0.5) is 11.8 Å². The normalized spacial score (nSPS) is 12.2. The molecule has 1 atom stereocenters. The fourth-order valence-electron chi connectivity index (χ4n) is 1.97. The highest BCUT2D eigenvalue weighted by Crippen LogP contribution is 2.13. The maximum atomic E-state index is 9.04. The van der Waals surface area contributed by atoms with Crippen molar-refractivity contribution < 1.29 is 5.11 Å². The predicted molar refractivity (Wildman–Crippen MR) is 79.4 cm³/mol. The molecule has 5 nitrogen and oxygen atoms in total. The number of aliphatic hydroxyl groups is 1. The summed E-state index contributed by atoms with van der Waals surface area (Å²) in [4.78, 5) is 8.58. The first-order valence-corrected chi connectivity index (χ1v) is 7.21. The van der Waals surface area contributed by atoms with E-state index < -0.39 is 0 Å². The average molecular weight is 266 g/mol. The van der Waals surface area contributed by atoms with Crippen molar-refractivity contribution in [3.05, 3.63) is 12.3 Å². The smallest absolute Gasteiger partial charge is 0.224 e. The number of anilines is 2. The first kappa shape index (κ1) is 15.7. The van der Waals surface area contributed by atoms with Gasteiger partial charge >= 0.3 is 0 Å². The zero-order valence-corrected chi connectivity index (χ0v) is 12.0. The second-order valence-corrected chi connectivity index (χ2v) is 4.74. The van der Waals surface area contributed by atoms with Crippen LogP contribution in [0, 0.1) is 5.92 Å². The standard InChI is InChI=1S/C14H26N4O/c1-3-5-12(7-10-19)11-17-13-6-9-16-14(18-13)15-8-4-2/h6,9,12,19H,3-5,7-8,10-11H2,1-2H3,(H2,15,16,17,18). The van der Waals surface area contributed by atoms with E-state index in [2.05, 4.69) is 34.4 Å². The lowest BCUT2D eigenvalue weighted by atomic mass is 10.0. The van der Waals surface area contributed by atoms with Gasteiger partial charge in [0, 0.05) is 25.9 Å². The van der Waals surface area contributed by atoms with Crippen LogP contribution in [-0.2, 0) is 0 Å². The Morgan fingerprint density at radius 2 is 2.05 bits per heavy atom. The number of nitrogens with zero attached hydrogens (tertiary/aromatic N) is 2. The zero-order chi connectivity index (χ0) is 13.9. The number of nitrogens with one attached hydrogen (secondary N) is 2. The van der Waals surface area contributed by atoms with Crippen LogP contribution >= 0.6 is 0 Å². The van der Waals surface area contributed by atoms with Crippen LogP contribution in [0.5, 0.6) is 0 Å². The van der Waals surface area contributed by atoms with Gasteiger partial charge in [-0.25, -0.2) is 4.98 Å². The summed E-state index contributed by atoms with van der Waals surface area (Å²) < 4.78 is 0. The lowest BCUT2D eigenvalue weighted by Crippen LogP contribution is -2.17. The van der Waals surface area contributed by atoms with E-state index in [0.717, 1.165) is 44.6 Å². The molecule has 0 amide bonds. The Kier molecular flexibility index (Phi) is 7.89. The van der Waals surface area contributed by atoms with Crippen LogP contribution in [0.25, 0.3) is 0 Å². The van der Waals surface area contributed by atoms with Crippen LogP contribution in [0.3, 0.4) is 0 Å².